The molecule has 0 saturated carbocycles. The molecule has 0 bridgehead atoms. The number of nitrogens with one attached hydrogen (secondary N) is 1. The number of benzene rings is 1. The molecule has 1 aromatic carbocycles. The monoisotopic (exact) mass is 248 g/mol. The van der Waals surface area contributed by atoms with E-state index in [0.29, 0.717) is 23.1 Å². The first-order valence-electron chi connectivity index (χ1n) is 4.69. The van der Waals surface area contributed by atoms with Gasteiger partial charge >= 0.3 is 0 Å². The van der Waals surface area contributed by atoms with Crippen LogP contribution in [0.25, 0.3) is 11.1 Å². The fourth-order valence-electron chi connectivity index (χ4n) is 1.52. The van der Waals surface area contributed by atoms with Gasteiger partial charge in [0.15, 0.2) is 6.29 Å². The van der Waals surface area contributed by atoms with Gasteiger partial charge in [-0.3, -0.25) is 4.79 Å². The molecule has 0 atom stereocenters. The van der Waals surface area contributed by atoms with Gasteiger partial charge in [0.05, 0.1) is 5.02 Å². The van der Waals surface area contributed by atoms with Crippen molar-refractivity contribution in [2.75, 3.05) is 0 Å². The standard InChI is InChI=1S/C12H6ClFN2O/c13-12-8(6-17)1-9(14)3-11(12)7-2-10(4-15)16-5-7/h1-3,5-6,16H. The first-order chi connectivity index (χ1) is 8.15. The molecule has 0 unspecified atom stereocenters. The Balaban J connectivity index is 2.63. The zero-order valence-electron chi connectivity index (χ0n) is 8.50. The number of aldehydes is 1. The molecule has 17 heavy (non-hydrogen) atoms. The number of carbonyl (C=O) groups excluding carboxylic acids is 1. The van der Waals surface area contributed by atoms with Gasteiger partial charge < -0.3 is 4.98 Å². The lowest BCUT2D eigenvalue weighted by Gasteiger charge is -2.04. The molecule has 0 saturated heterocycles. The molecule has 2 aromatic rings. The summed E-state index contributed by atoms with van der Waals surface area (Å²) < 4.78 is 13.3. The van der Waals surface area contributed by atoms with Gasteiger partial charge in [0.1, 0.15) is 17.6 Å². The van der Waals surface area contributed by atoms with Crippen LogP contribution < -0.4 is 0 Å². The quantitative estimate of drug-likeness (QED) is 0.830. The third kappa shape index (κ3) is 2.05. The minimum atomic E-state index is -0.550. The number of halogens is 2. The molecule has 84 valence electrons. The van der Waals surface area contributed by atoms with Crippen LogP contribution in [0.4, 0.5) is 4.39 Å². The first kappa shape index (κ1) is 11.4. The molecule has 0 aliphatic carbocycles. The fraction of sp³-hybridized carbons (Fsp3) is 0. The molecule has 1 heterocycles. The maximum Gasteiger partial charge on any atom is 0.151 e. The lowest BCUT2D eigenvalue weighted by atomic mass is 10.1. The van der Waals surface area contributed by atoms with Crippen LogP contribution >= 0.6 is 11.6 Å². The summed E-state index contributed by atoms with van der Waals surface area (Å²) in [6.07, 6.45) is 2.03. The summed E-state index contributed by atoms with van der Waals surface area (Å²) in [5.74, 6) is -0.550. The summed E-state index contributed by atoms with van der Waals surface area (Å²) >= 11 is 5.97. The predicted octanol–water partition coefficient (Wildman–Crippen LogP) is 3.16. The molecular formula is C12H6ClFN2O. The number of carbonyl (C=O) groups is 1. The number of hydrogen-bond acceptors (Lipinski definition) is 2. The third-order valence-corrected chi connectivity index (χ3v) is 2.73. The van der Waals surface area contributed by atoms with Gasteiger partial charge in [0.25, 0.3) is 0 Å². The number of nitrogens with zero attached hydrogens (tertiary/aromatic N) is 1. The van der Waals surface area contributed by atoms with Crippen molar-refractivity contribution in [3.8, 4) is 17.2 Å². The van der Waals surface area contributed by atoms with Crippen molar-refractivity contribution < 1.29 is 9.18 Å². The van der Waals surface area contributed by atoms with E-state index in [9.17, 15) is 9.18 Å². The lowest BCUT2D eigenvalue weighted by molar-refractivity contribution is 0.112. The zero-order chi connectivity index (χ0) is 12.4. The van der Waals surface area contributed by atoms with E-state index in [4.69, 9.17) is 16.9 Å². The molecule has 1 N–H and O–H groups in total. The first-order valence-corrected chi connectivity index (χ1v) is 5.06. The summed E-state index contributed by atoms with van der Waals surface area (Å²) in [6.45, 7) is 0. The summed E-state index contributed by atoms with van der Waals surface area (Å²) in [5.41, 5.74) is 1.37. The highest BCUT2D eigenvalue weighted by Gasteiger charge is 2.12. The Morgan fingerprint density at radius 3 is 2.76 bits per heavy atom. The van der Waals surface area contributed by atoms with Crippen LogP contribution in [0, 0.1) is 17.1 Å². The number of hydrogen-bond donors (Lipinski definition) is 1. The van der Waals surface area contributed by atoms with Gasteiger partial charge in [-0.1, -0.05) is 11.6 Å². The molecule has 5 heteroatoms. The fourth-order valence-corrected chi connectivity index (χ4v) is 1.78. The SMILES string of the molecule is N#Cc1cc(-c2cc(F)cc(C=O)c2Cl)c[nH]1. The minimum Gasteiger partial charge on any atom is -0.352 e. The highest BCUT2D eigenvalue weighted by molar-refractivity contribution is 6.35. The Morgan fingerprint density at radius 1 is 1.41 bits per heavy atom. The summed E-state index contributed by atoms with van der Waals surface area (Å²) in [6, 6.07) is 5.74. The van der Waals surface area contributed by atoms with Crippen LogP contribution in [0.2, 0.25) is 5.02 Å². The van der Waals surface area contributed by atoms with Crippen molar-refractivity contribution in [1.29, 1.82) is 5.26 Å². The normalized spacial score (nSPS) is 9.94. The maximum absolute atomic E-state index is 13.3. The largest absolute Gasteiger partial charge is 0.352 e. The van der Waals surface area contributed by atoms with Crippen LogP contribution in [0.1, 0.15) is 16.1 Å². The second-order valence-corrected chi connectivity index (χ2v) is 3.77. The molecule has 0 aliphatic rings. The van der Waals surface area contributed by atoms with E-state index in [1.165, 1.54) is 18.3 Å². The molecule has 0 fully saturated rings. The number of H-pyrrole nitrogens is 1. The maximum atomic E-state index is 13.3. The second kappa shape index (κ2) is 4.40. The number of aromatic nitrogens is 1. The van der Waals surface area contributed by atoms with Crippen LogP contribution in [0.15, 0.2) is 24.4 Å². The third-order valence-electron chi connectivity index (χ3n) is 2.31. The van der Waals surface area contributed by atoms with Gasteiger partial charge in [0, 0.05) is 22.9 Å². The minimum absolute atomic E-state index is 0.0846. The molecule has 1 aromatic heterocycles. The Morgan fingerprint density at radius 2 is 2.18 bits per heavy atom. The number of rotatable bonds is 2. The van der Waals surface area contributed by atoms with Crippen LogP contribution in [0.5, 0.6) is 0 Å². The van der Waals surface area contributed by atoms with Crippen molar-refractivity contribution in [3.63, 3.8) is 0 Å². The second-order valence-electron chi connectivity index (χ2n) is 3.39. The van der Waals surface area contributed by atoms with E-state index in [1.807, 2.05) is 6.07 Å². The Kier molecular flexibility index (Phi) is 2.94. The topological polar surface area (TPSA) is 56.6 Å². The Bertz CT molecular complexity index is 628. The highest BCUT2D eigenvalue weighted by Crippen LogP contribution is 2.31. The molecule has 0 radical (unpaired) electrons. The molecule has 0 aliphatic heterocycles. The predicted molar refractivity (Wildman–Crippen MR) is 61.3 cm³/mol. The van der Waals surface area contributed by atoms with Gasteiger partial charge in [-0.2, -0.15) is 5.26 Å². The van der Waals surface area contributed by atoms with Crippen molar-refractivity contribution in [2.45, 2.75) is 0 Å². The molecule has 2 rings (SSSR count). The van der Waals surface area contributed by atoms with E-state index in [0.717, 1.165) is 6.07 Å². The highest BCUT2D eigenvalue weighted by atomic mass is 35.5. The van der Waals surface area contributed by atoms with Gasteiger partial charge in [0.2, 0.25) is 0 Å². The lowest BCUT2D eigenvalue weighted by Crippen LogP contribution is -1.88. The Hall–Kier alpha value is -2.12. The van der Waals surface area contributed by atoms with Crippen molar-refractivity contribution >= 4 is 17.9 Å². The van der Waals surface area contributed by atoms with Crippen molar-refractivity contribution in [3.05, 3.63) is 46.5 Å². The van der Waals surface area contributed by atoms with E-state index >= 15 is 0 Å². The van der Waals surface area contributed by atoms with Gasteiger partial charge in [-0.15, -0.1) is 0 Å². The average molecular weight is 249 g/mol. The van der Waals surface area contributed by atoms with Crippen LogP contribution in [-0.4, -0.2) is 11.3 Å². The molecular weight excluding hydrogens is 243 g/mol. The smallest absolute Gasteiger partial charge is 0.151 e. The van der Waals surface area contributed by atoms with Gasteiger partial charge in [-0.25, -0.2) is 4.39 Å². The molecule has 0 spiro atoms. The summed E-state index contributed by atoms with van der Waals surface area (Å²) in [7, 11) is 0. The molecule has 3 nitrogen and oxygen atoms in total. The van der Waals surface area contributed by atoms with E-state index in [1.54, 1.807) is 0 Å². The summed E-state index contributed by atoms with van der Waals surface area (Å²) in [4.78, 5) is 13.4. The van der Waals surface area contributed by atoms with E-state index in [-0.39, 0.29) is 10.6 Å². The average Bonchev–Trinajstić information content (AvgIpc) is 2.80. The zero-order valence-corrected chi connectivity index (χ0v) is 9.25. The summed E-state index contributed by atoms with van der Waals surface area (Å²) in [5, 5.41) is 8.85. The Labute approximate surface area is 101 Å². The number of aromatic amines is 1. The van der Waals surface area contributed by atoms with Crippen LogP contribution in [-0.2, 0) is 0 Å². The van der Waals surface area contributed by atoms with E-state index < -0.39 is 5.82 Å². The van der Waals surface area contributed by atoms with Gasteiger partial charge in [-0.05, 0) is 18.2 Å². The van der Waals surface area contributed by atoms with Crippen molar-refractivity contribution in [2.24, 2.45) is 0 Å². The van der Waals surface area contributed by atoms with Crippen LogP contribution in [0.3, 0.4) is 0 Å². The molecule has 0 amide bonds. The van der Waals surface area contributed by atoms with E-state index in [2.05, 4.69) is 4.98 Å². The van der Waals surface area contributed by atoms with Crippen molar-refractivity contribution in [1.82, 2.24) is 4.98 Å². The number of nitriles is 1.